The van der Waals surface area contributed by atoms with E-state index in [0.29, 0.717) is 24.4 Å². The number of nitrogens with zero attached hydrogens (tertiary/aromatic N) is 4. The van der Waals surface area contributed by atoms with Crippen LogP contribution in [0.15, 0.2) is 36.5 Å². The van der Waals surface area contributed by atoms with E-state index in [1.165, 1.54) is 13.3 Å². The molecule has 0 aliphatic carbocycles. The highest BCUT2D eigenvalue weighted by atomic mass is 19.4. The lowest BCUT2D eigenvalue weighted by Gasteiger charge is -2.07. The minimum Gasteiger partial charge on any atom is -0.384 e. The number of fused-ring (bicyclic) bond motifs is 1. The van der Waals surface area contributed by atoms with E-state index < -0.39 is 12.0 Å². The maximum atomic E-state index is 12.8. The molecule has 0 spiro atoms. The number of amides is 1. The van der Waals surface area contributed by atoms with Gasteiger partial charge in [0.25, 0.3) is 11.6 Å². The molecule has 0 saturated carbocycles. The van der Waals surface area contributed by atoms with Crippen LogP contribution in [0.3, 0.4) is 0 Å². The molecule has 2 aromatic heterocycles. The first-order valence-electron chi connectivity index (χ1n) is 8.02. The molecule has 7 nitrogen and oxygen atoms in total. The van der Waals surface area contributed by atoms with Crippen LogP contribution >= 0.6 is 0 Å². The van der Waals surface area contributed by atoms with Gasteiger partial charge in [0, 0.05) is 31.8 Å². The number of hydrogen-bond donors (Lipinski definition) is 1. The van der Waals surface area contributed by atoms with Gasteiger partial charge in [0.05, 0.1) is 12.3 Å². The van der Waals surface area contributed by atoms with Crippen LogP contribution in [-0.4, -0.2) is 39.2 Å². The average Bonchev–Trinajstić information content (AvgIpc) is 3.10. The van der Waals surface area contributed by atoms with E-state index in [-0.39, 0.29) is 18.1 Å². The van der Waals surface area contributed by atoms with E-state index in [0.717, 1.165) is 10.1 Å². The number of ether oxygens (including phenoxy) is 1. The number of nitrogens with one attached hydrogen (secondary N) is 1. The van der Waals surface area contributed by atoms with Crippen LogP contribution in [-0.2, 0) is 22.3 Å². The molecule has 0 bridgehead atoms. The Morgan fingerprint density at radius 2 is 1.96 bits per heavy atom. The Hall–Kier alpha value is -3.01. The minimum atomic E-state index is -4.64. The molecular weight excluding hydrogens is 363 g/mol. The molecular formula is C17H16F3N5O2. The highest BCUT2D eigenvalue weighted by Gasteiger charge is 2.36. The van der Waals surface area contributed by atoms with Gasteiger partial charge >= 0.3 is 6.18 Å². The summed E-state index contributed by atoms with van der Waals surface area (Å²) in [6, 6.07) is 8.59. The number of halogens is 3. The van der Waals surface area contributed by atoms with Gasteiger partial charge in [-0.25, -0.2) is 4.98 Å². The monoisotopic (exact) mass is 379 g/mol. The Kier molecular flexibility index (Phi) is 5.36. The van der Waals surface area contributed by atoms with E-state index in [4.69, 9.17) is 4.74 Å². The lowest BCUT2D eigenvalue weighted by Crippen LogP contribution is -2.23. The zero-order chi connectivity index (χ0) is 19.4. The molecule has 0 saturated heterocycles. The zero-order valence-corrected chi connectivity index (χ0v) is 14.3. The summed E-state index contributed by atoms with van der Waals surface area (Å²) >= 11 is 0. The molecule has 1 aromatic carbocycles. The minimum absolute atomic E-state index is 0.126. The topological polar surface area (TPSA) is 81.4 Å². The maximum absolute atomic E-state index is 12.8. The Balaban J connectivity index is 1.79. The molecule has 2 heterocycles. The summed E-state index contributed by atoms with van der Waals surface area (Å²) in [6.07, 6.45) is -2.99. The number of benzene rings is 1. The van der Waals surface area contributed by atoms with Crippen molar-refractivity contribution in [1.29, 1.82) is 0 Å². The number of methoxy groups -OCH3 is 1. The normalized spacial score (nSPS) is 11.7. The molecule has 0 unspecified atom stereocenters. The van der Waals surface area contributed by atoms with Gasteiger partial charge in [0.15, 0.2) is 0 Å². The lowest BCUT2D eigenvalue weighted by molar-refractivity contribution is -0.144. The van der Waals surface area contributed by atoms with Crippen molar-refractivity contribution in [1.82, 2.24) is 24.9 Å². The molecule has 0 radical (unpaired) electrons. The molecule has 0 fully saturated rings. The maximum Gasteiger partial charge on any atom is 0.453 e. The fourth-order valence-electron chi connectivity index (χ4n) is 2.41. The molecule has 0 aliphatic rings. The quantitative estimate of drug-likeness (QED) is 0.712. The fraction of sp³-hybridized carbons (Fsp3) is 0.294. The smallest absolute Gasteiger partial charge is 0.384 e. The highest BCUT2D eigenvalue weighted by Crippen LogP contribution is 2.27. The number of carbonyl (C=O) groups excluding carboxylic acids is 1. The van der Waals surface area contributed by atoms with Crippen molar-refractivity contribution in [3.8, 4) is 11.3 Å². The Morgan fingerprint density at radius 1 is 1.22 bits per heavy atom. The third-order valence-corrected chi connectivity index (χ3v) is 3.77. The molecule has 3 aromatic rings. The summed E-state index contributed by atoms with van der Waals surface area (Å²) in [6.45, 7) is 0.691. The van der Waals surface area contributed by atoms with Gasteiger partial charge < -0.3 is 10.1 Å². The van der Waals surface area contributed by atoms with Gasteiger partial charge in [0.1, 0.15) is 0 Å². The van der Waals surface area contributed by atoms with Crippen LogP contribution in [0, 0.1) is 0 Å². The largest absolute Gasteiger partial charge is 0.453 e. The Morgan fingerprint density at radius 3 is 2.63 bits per heavy atom. The second-order valence-electron chi connectivity index (χ2n) is 5.69. The molecule has 3 rings (SSSR count). The highest BCUT2D eigenvalue weighted by molar-refractivity contribution is 5.76. The van der Waals surface area contributed by atoms with E-state index in [9.17, 15) is 18.0 Å². The molecule has 1 N–H and O–H groups in total. The SMILES string of the molecule is COCCC(=O)NCc1ccc(-c2ccnc3nc(C(F)(F)F)nn23)cc1. The molecule has 0 aliphatic heterocycles. The van der Waals surface area contributed by atoms with Crippen LogP contribution in [0.5, 0.6) is 0 Å². The molecule has 142 valence electrons. The van der Waals surface area contributed by atoms with E-state index in [1.807, 2.05) is 0 Å². The van der Waals surface area contributed by atoms with Gasteiger partial charge in [-0.15, -0.1) is 5.10 Å². The van der Waals surface area contributed by atoms with Gasteiger partial charge in [-0.05, 0) is 11.6 Å². The van der Waals surface area contributed by atoms with Crippen molar-refractivity contribution in [2.75, 3.05) is 13.7 Å². The van der Waals surface area contributed by atoms with Crippen molar-refractivity contribution in [3.05, 3.63) is 47.9 Å². The van der Waals surface area contributed by atoms with Crippen LogP contribution in [0.2, 0.25) is 0 Å². The molecule has 10 heteroatoms. The number of carbonyl (C=O) groups is 1. The van der Waals surface area contributed by atoms with Gasteiger partial charge in [-0.3, -0.25) is 4.79 Å². The van der Waals surface area contributed by atoms with Gasteiger partial charge in [-0.1, -0.05) is 24.3 Å². The first-order chi connectivity index (χ1) is 12.9. The summed E-state index contributed by atoms with van der Waals surface area (Å²) in [5, 5.41) is 6.28. The van der Waals surface area contributed by atoms with Crippen LogP contribution in [0.4, 0.5) is 13.2 Å². The van der Waals surface area contributed by atoms with Crippen molar-refractivity contribution < 1.29 is 22.7 Å². The van der Waals surface area contributed by atoms with E-state index in [2.05, 4.69) is 20.4 Å². The van der Waals surface area contributed by atoms with Crippen LogP contribution < -0.4 is 5.32 Å². The standard InChI is InChI=1S/C17H16F3N5O2/c1-27-9-7-14(26)22-10-11-2-4-12(5-3-11)13-6-8-21-16-23-15(17(18,19)20)24-25(13)16/h2-6,8H,7,9-10H2,1H3,(H,22,26). The third-order valence-electron chi connectivity index (χ3n) is 3.77. The fourth-order valence-corrected chi connectivity index (χ4v) is 2.41. The Bertz CT molecular complexity index is 938. The molecule has 1 amide bonds. The first-order valence-corrected chi connectivity index (χ1v) is 8.02. The van der Waals surface area contributed by atoms with E-state index >= 15 is 0 Å². The first kappa shape index (κ1) is 18.8. The average molecular weight is 379 g/mol. The number of hydrogen-bond acceptors (Lipinski definition) is 5. The Labute approximate surface area is 152 Å². The van der Waals surface area contributed by atoms with Gasteiger partial charge in [-0.2, -0.15) is 22.7 Å². The summed E-state index contributed by atoms with van der Waals surface area (Å²) in [4.78, 5) is 18.8. The summed E-state index contributed by atoms with van der Waals surface area (Å²) in [5.41, 5.74) is 1.93. The second kappa shape index (κ2) is 7.70. The lowest BCUT2D eigenvalue weighted by atomic mass is 10.1. The molecule has 0 atom stereocenters. The van der Waals surface area contributed by atoms with Crippen molar-refractivity contribution in [2.45, 2.75) is 19.1 Å². The van der Waals surface area contributed by atoms with Gasteiger partial charge in [0.2, 0.25) is 5.91 Å². The summed E-state index contributed by atoms with van der Waals surface area (Å²) < 4.78 is 44.4. The predicted octanol–water partition coefficient (Wildman–Crippen LogP) is 2.46. The zero-order valence-electron chi connectivity index (χ0n) is 14.3. The predicted molar refractivity (Wildman–Crippen MR) is 89.6 cm³/mol. The third kappa shape index (κ3) is 4.40. The second-order valence-corrected chi connectivity index (χ2v) is 5.69. The number of aromatic nitrogens is 4. The molecule has 27 heavy (non-hydrogen) atoms. The van der Waals surface area contributed by atoms with Crippen molar-refractivity contribution >= 4 is 11.7 Å². The van der Waals surface area contributed by atoms with Crippen LogP contribution in [0.25, 0.3) is 17.0 Å². The number of alkyl halides is 3. The van der Waals surface area contributed by atoms with E-state index in [1.54, 1.807) is 30.3 Å². The number of rotatable bonds is 6. The van der Waals surface area contributed by atoms with Crippen molar-refractivity contribution in [2.24, 2.45) is 0 Å². The van der Waals surface area contributed by atoms with Crippen LogP contribution in [0.1, 0.15) is 17.8 Å². The summed E-state index contributed by atoms with van der Waals surface area (Å²) in [7, 11) is 1.52. The van der Waals surface area contributed by atoms with Crippen molar-refractivity contribution in [3.63, 3.8) is 0 Å². The summed E-state index contributed by atoms with van der Waals surface area (Å²) in [5.74, 6) is -1.49.